The summed E-state index contributed by atoms with van der Waals surface area (Å²) in [5.41, 5.74) is -0.401. The molecule has 1 heterocycles. The van der Waals surface area contributed by atoms with Crippen LogP contribution < -0.4 is 0 Å². The minimum absolute atomic E-state index is 0.401. The number of carbonyl (C=O) groups excluding carboxylic acids is 2. The summed E-state index contributed by atoms with van der Waals surface area (Å²) in [5, 5.41) is 10.3. The van der Waals surface area contributed by atoms with Gasteiger partial charge in [0.1, 0.15) is 12.3 Å². The van der Waals surface area contributed by atoms with Gasteiger partial charge in [-0.1, -0.05) is 13.8 Å². The highest BCUT2D eigenvalue weighted by molar-refractivity contribution is 5.91. The average molecular weight is 301 g/mol. The van der Waals surface area contributed by atoms with E-state index in [0.717, 1.165) is 12.2 Å². The number of hydrogen-bond acceptors (Lipinski definition) is 7. The zero-order chi connectivity index (χ0) is 16.0. The number of rotatable bonds is 6. The number of nitrogens with zero attached hydrogens (tertiary/aromatic N) is 1. The van der Waals surface area contributed by atoms with Gasteiger partial charge in [-0.05, 0) is 0 Å². The van der Waals surface area contributed by atoms with Gasteiger partial charge < -0.3 is 19.3 Å². The van der Waals surface area contributed by atoms with Gasteiger partial charge in [-0.2, -0.15) is 0 Å². The summed E-state index contributed by atoms with van der Waals surface area (Å²) >= 11 is 0. The van der Waals surface area contributed by atoms with Crippen LogP contribution in [0.25, 0.3) is 0 Å². The lowest BCUT2D eigenvalue weighted by Gasteiger charge is -2.26. The van der Waals surface area contributed by atoms with Crippen molar-refractivity contribution in [2.24, 2.45) is 5.41 Å². The van der Waals surface area contributed by atoms with Crippen LogP contribution in [0.4, 0.5) is 0 Å². The van der Waals surface area contributed by atoms with Gasteiger partial charge in [-0.3, -0.25) is 4.90 Å². The predicted molar refractivity (Wildman–Crippen MR) is 74.3 cm³/mol. The van der Waals surface area contributed by atoms with E-state index in [2.05, 4.69) is 4.74 Å². The highest BCUT2D eigenvalue weighted by Gasteiger charge is 2.48. The van der Waals surface area contributed by atoms with Crippen LogP contribution in [0.15, 0.2) is 12.2 Å². The van der Waals surface area contributed by atoms with Crippen LogP contribution in [0.2, 0.25) is 0 Å². The lowest BCUT2D eigenvalue weighted by atomic mass is 9.89. The Morgan fingerprint density at radius 2 is 1.90 bits per heavy atom. The van der Waals surface area contributed by atoms with Crippen molar-refractivity contribution in [1.29, 1.82) is 0 Å². The van der Waals surface area contributed by atoms with Crippen LogP contribution in [-0.4, -0.2) is 68.2 Å². The first-order valence-corrected chi connectivity index (χ1v) is 6.69. The van der Waals surface area contributed by atoms with Crippen LogP contribution in [0.3, 0.4) is 0 Å². The summed E-state index contributed by atoms with van der Waals surface area (Å²) in [6.45, 7) is 5.43. The van der Waals surface area contributed by atoms with E-state index in [1.165, 1.54) is 7.11 Å². The molecule has 2 atom stereocenters. The Kier molecular flexibility index (Phi) is 6.32. The molecule has 0 saturated carbocycles. The Morgan fingerprint density at radius 1 is 1.29 bits per heavy atom. The van der Waals surface area contributed by atoms with Gasteiger partial charge in [0.15, 0.2) is 0 Å². The number of hydrogen-bond donors (Lipinski definition) is 1. The molecule has 0 aliphatic carbocycles. The molecule has 0 aromatic rings. The largest absolute Gasteiger partial charge is 0.466 e. The third-order valence-electron chi connectivity index (χ3n) is 3.41. The van der Waals surface area contributed by atoms with Crippen LogP contribution in [0.5, 0.6) is 0 Å². The van der Waals surface area contributed by atoms with E-state index in [1.54, 1.807) is 12.0 Å². The van der Waals surface area contributed by atoms with Crippen LogP contribution in [0, 0.1) is 5.41 Å². The maximum atomic E-state index is 11.7. The van der Waals surface area contributed by atoms with Gasteiger partial charge in [-0.25, -0.2) is 9.59 Å². The molecule has 1 fully saturated rings. The fourth-order valence-corrected chi connectivity index (χ4v) is 2.31. The van der Waals surface area contributed by atoms with Crippen molar-refractivity contribution in [2.75, 3.05) is 33.9 Å². The number of aliphatic hydroxyl groups is 1. The van der Waals surface area contributed by atoms with Crippen molar-refractivity contribution in [1.82, 2.24) is 4.90 Å². The predicted octanol–water partition coefficient (Wildman–Crippen LogP) is -0.0660. The molecule has 1 unspecified atom stereocenters. The molecule has 1 saturated heterocycles. The van der Waals surface area contributed by atoms with E-state index < -0.39 is 29.7 Å². The molecular formula is C14H23NO6. The molecular weight excluding hydrogens is 278 g/mol. The number of aliphatic hydroxyl groups excluding tert-OH is 1. The average Bonchev–Trinajstić information content (AvgIpc) is 2.65. The van der Waals surface area contributed by atoms with E-state index in [0.29, 0.717) is 19.7 Å². The molecule has 120 valence electrons. The Bertz CT molecular complexity index is 406. The second kappa shape index (κ2) is 7.53. The number of ether oxygens (including phenoxy) is 3. The Labute approximate surface area is 124 Å². The van der Waals surface area contributed by atoms with Gasteiger partial charge in [0.2, 0.25) is 0 Å². The van der Waals surface area contributed by atoms with E-state index in [4.69, 9.17) is 9.47 Å². The minimum Gasteiger partial charge on any atom is -0.466 e. The normalized spacial score (nSPS) is 25.2. The summed E-state index contributed by atoms with van der Waals surface area (Å²) in [7, 11) is 2.80. The lowest BCUT2D eigenvalue weighted by Crippen LogP contribution is -2.40. The number of likely N-dealkylation sites (tertiary alicyclic amines) is 1. The number of carbonyl (C=O) groups is 2. The van der Waals surface area contributed by atoms with E-state index in [-0.39, 0.29) is 0 Å². The summed E-state index contributed by atoms with van der Waals surface area (Å²) in [6.07, 6.45) is 0.404. The van der Waals surface area contributed by atoms with Gasteiger partial charge in [0, 0.05) is 37.8 Å². The topological polar surface area (TPSA) is 85.3 Å². The molecule has 1 N–H and O–H groups in total. The molecule has 1 aliphatic heterocycles. The van der Waals surface area contributed by atoms with Crippen molar-refractivity contribution >= 4 is 11.9 Å². The smallest absolute Gasteiger partial charge is 0.331 e. The first-order valence-electron chi connectivity index (χ1n) is 6.69. The summed E-state index contributed by atoms with van der Waals surface area (Å²) in [6, 6.07) is 0. The fourth-order valence-electron chi connectivity index (χ4n) is 2.31. The van der Waals surface area contributed by atoms with E-state index >= 15 is 0 Å². The van der Waals surface area contributed by atoms with Crippen LogP contribution >= 0.6 is 0 Å². The summed E-state index contributed by atoms with van der Waals surface area (Å²) in [4.78, 5) is 24.4. The van der Waals surface area contributed by atoms with Crippen LogP contribution in [0.1, 0.15) is 13.8 Å². The second-order valence-electron chi connectivity index (χ2n) is 5.58. The second-order valence-corrected chi connectivity index (χ2v) is 5.58. The first kappa shape index (κ1) is 17.6. The monoisotopic (exact) mass is 301 g/mol. The van der Waals surface area contributed by atoms with Crippen molar-refractivity contribution in [3.63, 3.8) is 0 Å². The number of esters is 2. The first-order chi connectivity index (χ1) is 9.81. The molecule has 21 heavy (non-hydrogen) atoms. The Morgan fingerprint density at radius 3 is 2.48 bits per heavy atom. The molecule has 7 nitrogen and oxygen atoms in total. The van der Waals surface area contributed by atoms with E-state index in [9.17, 15) is 14.7 Å². The Balaban J connectivity index is 2.66. The SMILES string of the molecule is COCCN1CC(C)(C)[C@@H](OC(=O)/C=C/C(=O)OC)C1O. The molecule has 0 spiro atoms. The molecule has 0 aromatic heterocycles. The zero-order valence-corrected chi connectivity index (χ0v) is 12.9. The highest BCUT2D eigenvalue weighted by Crippen LogP contribution is 2.35. The maximum absolute atomic E-state index is 11.7. The molecule has 0 bridgehead atoms. The molecule has 7 heteroatoms. The zero-order valence-electron chi connectivity index (χ0n) is 12.9. The third-order valence-corrected chi connectivity index (χ3v) is 3.41. The molecule has 1 rings (SSSR count). The van der Waals surface area contributed by atoms with Crippen molar-refractivity contribution < 1.29 is 28.9 Å². The molecule has 1 aliphatic rings. The fraction of sp³-hybridized carbons (Fsp3) is 0.714. The van der Waals surface area contributed by atoms with E-state index in [1.807, 2.05) is 13.8 Å². The van der Waals surface area contributed by atoms with Crippen molar-refractivity contribution in [2.45, 2.75) is 26.2 Å². The summed E-state index contributed by atoms with van der Waals surface area (Å²) < 4.78 is 14.7. The third kappa shape index (κ3) is 4.80. The Hall–Kier alpha value is -1.44. The lowest BCUT2D eigenvalue weighted by molar-refractivity contribution is -0.157. The van der Waals surface area contributed by atoms with Crippen molar-refractivity contribution in [3.05, 3.63) is 12.2 Å². The van der Waals surface area contributed by atoms with Crippen LogP contribution in [-0.2, 0) is 23.8 Å². The van der Waals surface area contributed by atoms with Gasteiger partial charge >= 0.3 is 11.9 Å². The maximum Gasteiger partial charge on any atom is 0.331 e. The van der Waals surface area contributed by atoms with Gasteiger partial charge in [0.05, 0.1) is 13.7 Å². The highest BCUT2D eigenvalue weighted by atomic mass is 16.6. The van der Waals surface area contributed by atoms with Gasteiger partial charge in [0.25, 0.3) is 0 Å². The quantitative estimate of drug-likeness (QED) is 0.543. The van der Waals surface area contributed by atoms with Crippen molar-refractivity contribution in [3.8, 4) is 0 Å². The van der Waals surface area contributed by atoms with Gasteiger partial charge in [-0.15, -0.1) is 0 Å². The molecule has 0 amide bonds. The standard InChI is InChI=1S/C14H23NO6/c1-14(2)9-15(7-8-19-3)13(18)12(14)21-11(17)6-5-10(16)20-4/h5-6,12-13,18H,7-9H2,1-4H3/b6-5+/t12-,13?/m0/s1. The summed E-state index contributed by atoms with van der Waals surface area (Å²) in [5.74, 6) is -1.33. The number of methoxy groups -OCH3 is 2. The molecule has 0 radical (unpaired) electrons. The minimum atomic E-state index is -0.898. The molecule has 0 aromatic carbocycles.